The van der Waals surface area contributed by atoms with Gasteiger partial charge in [-0.05, 0) is 17.7 Å². The monoisotopic (exact) mass is 466 g/mol. The maximum Gasteiger partial charge on any atom is 0.167 e. The van der Waals surface area contributed by atoms with Gasteiger partial charge in [-0.25, -0.2) is 13.9 Å². The SMILES string of the molecule is COc1cc2c(-c3cnn4cc(N5CC(N6CCS(=O)CC6)C5)cnc34)ccnc2cc1F. The van der Waals surface area contributed by atoms with Gasteiger partial charge in [-0.3, -0.25) is 14.1 Å². The lowest BCUT2D eigenvalue weighted by atomic mass is 10.0. The summed E-state index contributed by atoms with van der Waals surface area (Å²) in [6.07, 6.45) is 7.32. The summed E-state index contributed by atoms with van der Waals surface area (Å²) in [5, 5.41) is 5.32. The summed E-state index contributed by atoms with van der Waals surface area (Å²) >= 11 is 0. The number of benzene rings is 1. The van der Waals surface area contributed by atoms with Crippen LogP contribution in [0, 0.1) is 5.82 Å². The number of rotatable bonds is 4. The van der Waals surface area contributed by atoms with E-state index in [4.69, 9.17) is 9.72 Å². The number of methoxy groups -OCH3 is 1. The molecule has 0 aliphatic carbocycles. The molecule has 0 atom stereocenters. The smallest absolute Gasteiger partial charge is 0.167 e. The van der Waals surface area contributed by atoms with Gasteiger partial charge < -0.3 is 9.64 Å². The summed E-state index contributed by atoms with van der Waals surface area (Å²) in [5.74, 6) is 1.29. The average Bonchev–Trinajstić information content (AvgIpc) is 3.21. The van der Waals surface area contributed by atoms with E-state index < -0.39 is 16.6 Å². The zero-order chi connectivity index (χ0) is 22.5. The van der Waals surface area contributed by atoms with Crippen molar-refractivity contribution in [2.45, 2.75) is 6.04 Å². The maximum absolute atomic E-state index is 14.2. The minimum absolute atomic E-state index is 0.177. The van der Waals surface area contributed by atoms with E-state index in [1.54, 1.807) is 23.0 Å². The van der Waals surface area contributed by atoms with Crippen molar-refractivity contribution < 1.29 is 13.3 Å². The lowest BCUT2D eigenvalue weighted by Crippen LogP contribution is -2.61. The highest BCUT2D eigenvalue weighted by molar-refractivity contribution is 7.85. The van der Waals surface area contributed by atoms with E-state index in [1.165, 1.54) is 13.2 Å². The Morgan fingerprint density at radius 1 is 1.12 bits per heavy atom. The van der Waals surface area contributed by atoms with Crippen molar-refractivity contribution in [1.82, 2.24) is 24.5 Å². The Labute approximate surface area is 192 Å². The van der Waals surface area contributed by atoms with Gasteiger partial charge in [0, 0.05) is 77.7 Å². The first-order chi connectivity index (χ1) is 16.1. The Hall–Kier alpha value is -3.11. The molecule has 2 saturated heterocycles. The van der Waals surface area contributed by atoms with Gasteiger partial charge in [0.1, 0.15) is 0 Å². The van der Waals surface area contributed by atoms with Crippen molar-refractivity contribution in [1.29, 1.82) is 0 Å². The fourth-order valence-electron chi connectivity index (χ4n) is 4.67. The number of halogens is 1. The van der Waals surface area contributed by atoms with Gasteiger partial charge in [0.2, 0.25) is 0 Å². The summed E-state index contributed by atoms with van der Waals surface area (Å²) in [4.78, 5) is 13.8. The average molecular weight is 467 g/mol. The zero-order valence-corrected chi connectivity index (χ0v) is 19.0. The second-order valence-corrected chi connectivity index (χ2v) is 10.1. The van der Waals surface area contributed by atoms with Crippen LogP contribution in [0.15, 0.2) is 43.0 Å². The number of aromatic nitrogens is 4. The summed E-state index contributed by atoms with van der Waals surface area (Å²) in [7, 11) is 0.802. The molecular weight excluding hydrogens is 443 g/mol. The highest BCUT2D eigenvalue weighted by Gasteiger charge is 2.34. The number of anilines is 1. The molecule has 0 unspecified atom stereocenters. The van der Waals surface area contributed by atoms with E-state index >= 15 is 0 Å². The molecule has 2 aliphatic heterocycles. The molecule has 1 aromatic carbocycles. The van der Waals surface area contributed by atoms with E-state index in [9.17, 15) is 8.60 Å². The summed E-state index contributed by atoms with van der Waals surface area (Å²) in [5.41, 5.74) is 4.03. The van der Waals surface area contributed by atoms with Crippen molar-refractivity contribution in [3.8, 4) is 16.9 Å². The molecule has 33 heavy (non-hydrogen) atoms. The predicted molar refractivity (Wildman–Crippen MR) is 126 cm³/mol. The van der Waals surface area contributed by atoms with Crippen LogP contribution in [0.4, 0.5) is 10.1 Å². The summed E-state index contributed by atoms with van der Waals surface area (Å²) in [6.45, 7) is 3.71. The lowest BCUT2D eigenvalue weighted by Gasteiger charge is -2.47. The Morgan fingerprint density at radius 2 is 1.94 bits per heavy atom. The fourth-order valence-corrected chi connectivity index (χ4v) is 5.75. The molecule has 0 bridgehead atoms. The van der Waals surface area contributed by atoms with Crippen LogP contribution in [-0.4, -0.2) is 79.5 Å². The van der Waals surface area contributed by atoms with Crippen molar-refractivity contribution in [3.05, 3.63) is 48.8 Å². The normalized spacial score (nSPS) is 18.2. The second kappa shape index (κ2) is 8.03. The highest BCUT2D eigenvalue weighted by atomic mass is 32.2. The number of hydrogen-bond donors (Lipinski definition) is 0. The van der Waals surface area contributed by atoms with Crippen LogP contribution in [0.2, 0.25) is 0 Å². The van der Waals surface area contributed by atoms with Gasteiger partial charge in [-0.2, -0.15) is 5.10 Å². The second-order valence-electron chi connectivity index (χ2n) is 8.44. The first kappa shape index (κ1) is 20.5. The largest absolute Gasteiger partial charge is 0.494 e. The minimum Gasteiger partial charge on any atom is -0.494 e. The van der Waals surface area contributed by atoms with Gasteiger partial charge in [0.15, 0.2) is 17.2 Å². The van der Waals surface area contributed by atoms with Crippen LogP contribution in [0.3, 0.4) is 0 Å². The molecular formula is C23H23FN6O2S. The third-order valence-corrected chi connectivity index (χ3v) is 7.88. The first-order valence-electron chi connectivity index (χ1n) is 10.9. The topological polar surface area (TPSA) is 75.9 Å². The molecule has 0 saturated carbocycles. The molecule has 0 N–H and O–H groups in total. The van der Waals surface area contributed by atoms with Gasteiger partial charge >= 0.3 is 0 Å². The van der Waals surface area contributed by atoms with E-state index in [-0.39, 0.29) is 5.75 Å². The number of ether oxygens (including phenoxy) is 1. The Balaban J connectivity index is 1.28. The molecule has 8 nitrogen and oxygen atoms in total. The molecule has 0 radical (unpaired) electrons. The number of fused-ring (bicyclic) bond motifs is 2. The standard InChI is InChI=1S/C23H23FN6O2S/c1-32-22-8-18-17(2-3-25-21(18)9-20(22)24)19-11-27-30-14-15(10-26-23(19)30)29-12-16(13-29)28-4-6-33(31)7-5-28/h2-3,8-11,14,16H,4-7,12-13H2,1H3. The fraction of sp³-hybridized carbons (Fsp3) is 0.348. The lowest BCUT2D eigenvalue weighted by molar-refractivity contribution is 0.181. The molecule has 3 aromatic heterocycles. The quantitative estimate of drug-likeness (QED) is 0.457. The molecule has 2 fully saturated rings. The molecule has 170 valence electrons. The Morgan fingerprint density at radius 3 is 2.73 bits per heavy atom. The number of nitrogens with zero attached hydrogens (tertiary/aromatic N) is 6. The van der Waals surface area contributed by atoms with Crippen molar-refractivity contribution in [2.75, 3.05) is 49.7 Å². The molecule has 2 aliphatic rings. The van der Waals surface area contributed by atoms with Crippen LogP contribution in [-0.2, 0) is 10.8 Å². The van der Waals surface area contributed by atoms with Crippen molar-refractivity contribution in [2.24, 2.45) is 0 Å². The molecule has 10 heteroatoms. The van der Waals surface area contributed by atoms with Gasteiger partial charge in [0.05, 0.1) is 36.9 Å². The van der Waals surface area contributed by atoms with Gasteiger partial charge in [0.25, 0.3) is 0 Å². The molecule has 6 rings (SSSR count). The van der Waals surface area contributed by atoms with E-state index in [0.29, 0.717) is 11.6 Å². The maximum atomic E-state index is 14.2. The molecule has 0 spiro atoms. The molecule has 4 aromatic rings. The minimum atomic E-state index is -0.648. The van der Waals surface area contributed by atoms with Crippen LogP contribution in [0.25, 0.3) is 27.7 Å². The van der Waals surface area contributed by atoms with Gasteiger partial charge in [-0.15, -0.1) is 0 Å². The predicted octanol–water partition coefficient (Wildman–Crippen LogP) is 2.35. The highest BCUT2D eigenvalue weighted by Crippen LogP contribution is 2.34. The zero-order valence-electron chi connectivity index (χ0n) is 18.1. The number of pyridine rings is 1. The van der Waals surface area contributed by atoms with Crippen LogP contribution < -0.4 is 9.64 Å². The van der Waals surface area contributed by atoms with Crippen LogP contribution >= 0.6 is 0 Å². The van der Waals surface area contributed by atoms with Crippen LogP contribution in [0.1, 0.15) is 0 Å². The van der Waals surface area contributed by atoms with Crippen molar-refractivity contribution in [3.63, 3.8) is 0 Å². The van der Waals surface area contributed by atoms with Crippen LogP contribution in [0.5, 0.6) is 5.75 Å². The third-order valence-electron chi connectivity index (χ3n) is 6.60. The van der Waals surface area contributed by atoms with E-state index in [2.05, 4.69) is 19.9 Å². The van der Waals surface area contributed by atoms with E-state index in [0.717, 1.165) is 65.5 Å². The number of hydrogen-bond acceptors (Lipinski definition) is 7. The van der Waals surface area contributed by atoms with E-state index in [1.807, 2.05) is 18.5 Å². The molecule has 5 heterocycles. The third kappa shape index (κ3) is 3.53. The Kier molecular flexibility index (Phi) is 4.99. The van der Waals surface area contributed by atoms with Crippen molar-refractivity contribution >= 4 is 33.0 Å². The molecule has 0 amide bonds. The van der Waals surface area contributed by atoms with Gasteiger partial charge in [-0.1, -0.05) is 0 Å². The summed E-state index contributed by atoms with van der Waals surface area (Å²) in [6, 6.07) is 5.44. The summed E-state index contributed by atoms with van der Waals surface area (Å²) < 4.78 is 32.7. The Bertz CT molecular complexity index is 1380. The first-order valence-corrected chi connectivity index (χ1v) is 12.4.